The van der Waals surface area contributed by atoms with Gasteiger partial charge in [-0.05, 0) is 24.8 Å². The number of nitrogens with zero attached hydrogens (tertiary/aromatic N) is 2. The van der Waals surface area contributed by atoms with Gasteiger partial charge in [-0.3, -0.25) is 9.48 Å². The van der Waals surface area contributed by atoms with Gasteiger partial charge < -0.3 is 5.73 Å². The van der Waals surface area contributed by atoms with Crippen molar-refractivity contribution in [1.82, 2.24) is 9.78 Å². The maximum atomic E-state index is 12.1. The summed E-state index contributed by atoms with van der Waals surface area (Å²) in [6, 6.07) is 0. The Morgan fingerprint density at radius 2 is 2.24 bits per heavy atom. The molecule has 0 saturated heterocycles. The summed E-state index contributed by atoms with van der Waals surface area (Å²) in [5.74, 6) is 0.725. The van der Waals surface area contributed by atoms with Gasteiger partial charge in [0.2, 0.25) is 0 Å². The van der Waals surface area contributed by atoms with Gasteiger partial charge in [-0.1, -0.05) is 13.8 Å². The van der Waals surface area contributed by atoms with Crippen molar-refractivity contribution in [2.75, 3.05) is 6.54 Å². The van der Waals surface area contributed by atoms with E-state index < -0.39 is 0 Å². The van der Waals surface area contributed by atoms with Crippen molar-refractivity contribution in [3.63, 3.8) is 0 Å². The average Bonchev–Trinajstić information content (AvgIpc) is 2.73. The first-order valence-electron chi connectivity index (χ1n) is 6.30. The van der Waals surface area contributed by atoms with Gasteiger partial charge in [0.25, 0.3) is 0 Å². The van der Waals surface area contributed by atoms with E-state index in [0.717, 1.165) is 18.5 Å². The molecule has 0 aliphatic carbocycles. The first-order valence-corrected chi connectivity index (χ1v) is 6.30. The minimum absolute atomic E-state index is 0.0139. The largest absolute Gasteiger partial charge is 0.330 e. The van der Waals surface area contributed by atoms with Crippen LogP contribution in [-0.4, -0.2) is 22.1 Å². The highest BCUT2D eigenvalue weighted by atomic mass is 16.1. The number of aryl methyl sites for hydroxylation is 1. The Bertz CT molecular complexity index is 357. The van der Waals surface area contributed by atoms with Crippen LogP contribution >= 0.6 is 0 Å². The van der Waals surface area contributed by atoms with E-state index in [1.165, 1.54) is 0 Å². The Morgan fingerprint density at radius 3 is 2.71 bits per heavy atom. The van der Waals surface area contributed by atoms with Gasteiger partial charge in [0.1, 0.15) is 5.78 Å². The predicted octanol–water partition coefficient (Wildman–Crippen LogP) is 1.64. The first kappa shape index (κ1) is 13.9. The van der Waals surface area contributed by atoms with Crippen LogP contribution in [-0.2, 0) is 17.8 Å². The minimum atomic E-state index is -0.0139. The van der Waals surface area contributed by atoms with Crippen molar-refractivity contribution >= 4 is 5.78 Å². The van der Waals surface area contributed by atoms with E-state index in [9.17, 15) is 4.79 Å². The lowest BCUT2D eigenvalue weighted by atomic mass is 9.91. The smallest absolute Gasteiger partial charge is 0.141 e. The third-order valence-corrected chi connectivity index (χ3v) is 2.88. The normalized spacial score (nSPS) is 13.0. The quantitative estimate of drug-likeness (QED) is 0.784. The van der Waals surface area contributed by atoms with Crippen molar-refractivity contribution in [2.45, 2.75) is 40.2 Å². The maximum Gasteiger partial charge on any atom is 0.141 e. The van der Waals surface area contributed by atoms with E-state index in [2.05, 4.69) is 18.9 Å². The number of Topliss-reactive ketones (excluding diaryl/α,β-unsaturated/α-hetero) is 1. The van der Waals surface area contributed by atoms with Crippen LogP contribution in [0.25, 0.3) is 0 Å². The van der Waals surface area contributed by atoms with E-state index in [1.807, 2.05) is 17.8 Å². The molecule has 0 aliphatic heterocycles. The van der Waals surface area contributed by atoms with Crippen LogP contribution in [0.2, 0.25) is 0 Å². The molecule has 1 aromatic heterocycles. The van der Waals surface area contributed by atoms with Gasteiger partial charge in [0.15, 0.2) is 0 Å². The highest BCUT2D eigenvalue weighted by molar-refractivity contribution is 5.83. The lowest BCUT2D eigenvalue weighted by Crippen LogP contribution is -2.26. The second kappa shape index (κ2) is 6.55. The molecule has 0 amide bonds. The number of carbonyl (C=O) groups excluding carboxylic acids is 1. The molecule has 1 atom stereocenters. The van der Waals surface area contributed by atoms with Crippen LogP contribution in [0, 0.1) is 11.8 Å². The van der Waals surface area contributed by atoms with Gasteiger partial charge in [-0.15, -0.1) is 0 Å². The van der Waals surface area contributed by atoms with Crippen LogP contribution in [0.3, 0.4) is 0 Å². The Labute approximate surface area is 103 Å². The molecule has 0 fully saturated rings. The molecule has 0 bridgehead atoms. The third-order valence-electron chi connectivity index (χ3n) is 2.88. The van der Waals surface area contributed by atoms with Crippen LogP contribution in [0.5, 0.6) is 0 Å². The zero-order valence-corrected chi connectivity index (χ0v) is 11.0. The molecule has 0 saturated carbocycles. The number of aromatic nitrogens is 2. The second-order valence-corrected chi connectivity index (χ2v) is 4.91. The van der Waals surface area contributed by atoms with Gasteiger partial charge in [-0.2, -0.15) is 5.10 Å². The van der Waals surface area contributed by atoms with Crippen LogP contribution < -0.4 is 5.73 Å². The summed E-state index contributed by atoms with van der Waals surface area (Å²) in [5, 5.41) is 4.17. The monoisotopic (exact) mass is 237 g/mol. The van der Waals surface area contributed by atoms with Crippen molar-refractivity contribution < 1.29 is 4.79 Å². The Kier molecular flexibility index (Phi) is 5.35. The molecule has 4 heteroatoms. The first-order chi connectivity index (χ1) is 8.06. The van der Waals surface area contributed by atoms with Crippen molar-refractivity contribution in [3.8, 4) is 0 Å². The van der Waals surface area contributed by atoms with Crippen molar-refractivity contribution in [1.29, 1.82) is 0 Å². The Morgan fingerprint density at radius 1 is 1.53 bits per heavy atom. The number of rotatable bonds is 7. The maximum absolute atomic E-state index is 12.1. The molecule has 0 spiro atoms. The second-order valence-electron chi connectivity index (χ2n) is 4.91. The van der Waals surface area contributed by atoms with E-state index in [-0.39, 0.29) is 11.7 Å². The van der Waals surface area contributed by atoms with Crippen LogP contribution in [0.1, 0.15) is 32.8 Å². The molecule has 0 radical (unpaired) electrons. The fraction of sp³-hybridized carbons (Fsp3) is 0.692. The molecule has 1 aromatic rings. The summed E-state index contributed by atoms with van der Waals surface area (Å²) >= 11 is 0. The predicted molar refractivity (Wildman–Crippen MR) is 68.6 cm³/mol. The Hall–Kier alpha value is -1.16. The number of ketones is 1. The number of nitrogens with two attached hydrogens (primary N) is 1. The number of hydrogen-bond acceptors (Lipinski definition) is 3. The Balaban J connectivity index is 2.57. The molecular weight excluding hydrogens is 214 g/mol. The number of hydrogen-bond donors (Lipinski definition) is 1. The lowest BCUT2D eigenvalue weighted by Gasteiger charge is -2.15. The summed E-state index contributed by atoms with van der Waals surface area (Å²) < 4.78 is 1.84. The van der Waals surface area contributed by atoms with Crippen molar-refractivity contribution in [2.24, 2.45) is 17.6 Å². The minimum Gasteiger partial charge on any atom is -0.330 e. The summed E-state index contributed by atoms with van der Waals surface area (Å²) in [6.45, 7) is 7.54. The standard InChI is InChI=1S/C13H23N3O/c1-4-16-9-11(8-15-16)6-13(17)12(7-14)5-10(2)3/h8-10,12H,4-7,14H2,1-3H3. The third kappa shape index (κ3) is 4.30. The van der Waals surface area contributed by atoms with E-state index in [0.29, 0.717) is 18.9 Å². The number of carbonyl (C=O) groups is 1. The van der Waals surface area contributed by atoms with Gasteiger partial charge in [0.05, 0.1) is 6.20 Å². The molecule has 1 heterocycles. The fourth-order valence-electron chi connectivity index (χ4n) is 1.94. The van der Waals surface area contributed by atoms with E-state index >= 15 is 0 Å². The summed E-state index contributed by atoms with van der Waals surface area (Å²) in [6.07, 6.45) is 5.02. The summed E-state index contributed by atoms with van der Waals surface area (Å²) in [5.41, 5.74) is 6.65. The zero-order chi connectivity index (χ0) is 12.8. The molecule has 2 N–H and O–H groups in total. The highest BCUT2D eigenvalue weighted by Gasteiger charge is 2.18. The fourth-order valence-corrected chi connectivity index (χ4v) is 1.94. The van der Waals surface area contributed by atoms with Crippen molar-refractivity contribution in [3.05, 3.63) is 18.0 Å². The summed E-state index contributed by atoms with van der Waals surface area (Å²) in [4.78, 5) is 12.1. The molecular formula is C13H23N3O. The SMILES string of the molecule is CCn1cc(CC(=O)C(CN)CC(C)C)cn1. The average molecular weight is 237 g/mol. The molecule has 4 nitrogen and oxygen atoms in total. The molecule has 0 aliphatic rings. The molecule has 0 aromatic carbocycles. The van der Waals surface area contributed by atoms with Gasteiger partial charge >= 0.3 is 0 Å². The lowest BCUT2D eigenvalue weighted by molar-refractivity contribution is -0.122. The molecule has 96 valence electrons. The van der Waals surface area contributed by atoms with E-state index in [4.69, 9.17) is 5.73 Å². The molecule has 1 rings (SSSR count). The highest BCUT2D eigenvalue weighted by Crippen LogP contribution is 2.14. The zero-order valence-electron chi connectivity index (χ0n) is 11.0. The van der Waals surface area contributed by atoms with Gasteiger partial charge in [-0.25, -0.2) is 0 Å². The van der Waals surface area contributed by atoms with E-state index in [1.54, 1.807) is 6.20 Å². The van der Waals surface area contributed by atoms with Gasteiger partial charge in [0, 0.05) is 31.6 Å². The van der Waals surface area contributed by atoms with Crippen LogP contribution in [0.4, 0.5) is 0 Å². The molecule has 1 unspecified atom stereocenters. The topological polar surface area (TPSA) is 60.9 Å². The molecule has 17 heavy (non-hydrogen) atoms. The summed E-state index contributed by atoms with van der Waals surface area (Å²) in [7, 11) is 0. The van der Waals surface area contributed by atoms with Crippen LogP contribution in [0.15, 0.2) is 12.4 Å².